The van der Waals surface area contributed by atoms with Crippen LogP contribution in [0.4, 0.5) is 0 Å². The van der Waals surface area contributed by atoms with Gasteiger partial charge in [0.2, 0.25) is 0 Å². The van der Waals surface area contributed by atoms with E-state index in [0.717, 1.165) is 43.2 Å². The minimum atomic E-state index is 0.693. The standard InChI is InChI=1S/C14H25N3O/c1-5-8-15-11-13-14(7-6-12(2)16-13)18-10-9-17(3)4/h6-7,15H,5,8-11H2,1-4H3. The second-order valence-electron chi connectivity index (χ2n) is 4.73. The Hall–Kier alpha value is -1.13. The maximum atomic E-state index is 5.79. The summed E-state index contributed by atoms with van der Waals surface area (Å²) in [5.74, 6) is 0.894. The third kappa shape index (κ3) is 5.47. The normalized spacial score (nSPS) is 10.9. The fraction of sp³-hybridized carbons (Fsp3) is 0.643. The Morgan fingerprint density at radius 2 is 2.11 bits per heavy atom. The molecular formula is C14H25N3O. The summed E-state index contributed by atoms with van der Waals surface area (Å²) in [6, 6.07) is 4.01. The molecule has 0 saturated heterocycles. The first-order chi connectivity index (χ1) is 8.63. The number of hydrogen-bond acceptors (Lipinski definition) is 4. The molecule has 0 aliphatic carbocycles. The van der Waals surface area contributed by atoms with E-state index in [9.17, 15) is 0 Å². The number of pyridine rings is 1. The van der Waals surface area contributed by atoms with Gasteiger partial charge in [0.15, 0.2) is 0 Å². The summed E-state index contributed by atoms with van der Waals surface area (Å²) in [4.78, 5) is 6.65. The fourth-order valence-corrected chi connectivity index (χ4v) is 1.58. The molecule has 1 heterocycles. The molecule has 1 aromatic heterocycles. The molecule has 1 N–H and O–H groups in total. The zero-order valence-electron chi connectivity index (χ0n) is 12.0. The molecule has 102 valence electrons. The van der Waals surface area contributed by atoms with E-state index in [1.807, 2.05) is 33.2 Å². The lowest BCUT2D eigenvalue weighted by Crippen LogP contribution is -2.21. The number of likely N-dealkylation sites (N-methyl/N-ethyl adjacent to an activating group) is 1. The number of rotatable bonds is 8. The number of hydrogen-bond donors (Lipinski definition) is 1. The molecule has 0 spiro atoms. The lowest BCUT2D eigenvalue weighted by atomic mass is 10.2. The van der Waals surface area contributed by atoms with Gasteiger partial charge < -0.3 is 15.0 Å². The van der Waals surface area contributed by atoms with Crippen molar-refractivity contribution in [2.75, 3.05) is 33.8 Å². The van der Waals surface area contributed by atoms with Gasteiger partial charge in [-0.2, -0.15) is 0 Å². The van der Waals surface area contributed by atoms with Gasteiger partial charge in [0.05, 0.1) is 5.69 Å². The predicted molar refractivity (Wildman–Crippen MR) is 75.0 cm³/mol. The van der Waals surface area contributed by atoms with E-state index < -0.39 is 0 Å². The van der Waals surface area contributed by atoms with Crippen LogP contribution in [0, 0.1) is 6.92 Å². The number of ether oxygens (including phenoxy) is 1. The second-order valence-corrected chi connectivity index (χ2v) is 4.73. The van der Waals surface area contributed by atoms with E-state index in [1.54, 1.807) is 0 Å². The van der Waals surface area contributed by atoms with Crippen LogP contribution in [0.15, 0.2) is 12.1 Å². The molecule has 0 bridgehead atoms. The first kappa shape index (κ1) is 14.9. The molecule has 4 heteroatoms. The monoisotopic (exact) mass is 251 g/mol. The topological polar surface area (TPSA) is 37.4 Å². The number of nitrogens with one attached hydrogen (secondary N) is 1. The third-order valence-corrected chi connectivity index (χ3v) is 2.59. The zero-order valence-corrected chi connectivity index (χ0v) is 12.0. The lowest BCUT2D eigenvalue weighted by Gasteiger charge is -2.14. The molecule has 0 unspecified atom stereocenters. The summed E-state index contributed by atoms with van der Waals surface area (Å²) in [6.07, 6.45) is 1.13. The van der Waals surface area contributed by atoms with Crippen LogP contribution in [0.1, 0.15) is 24.7 Å². The summed E-state index contributed by atoms with van der Waals surface area (Å²) < 4.78 is 5.79. The summed E-state index contributed by atoms with van der Waals surface area (Å²) in [7, 11) is 4.08. The maximum Gasteiger partial charge on any atom is 0.142 e. The Labute approximate surface area is 110 Å². The predicted octanol–water partition coefficient (Wildman–Crippen LogP) is 1.83. The highest BCUT2D eigenvalue weighted by Gasteiger charge is 2.05. The number of aryl methyl sites for hydroxylation is 1. The van der Waals surface area contributed by atoms with Crippen molar-refractivity contribution in [3.05, 3.63) is 23.5 Å². The zero-order chi connectivity index (χ0) is 13.4. The van der Waals surface area contributed by atoms with E-state index >= 15 is 0 Å². The van der Waals surface area contributed by atoms with Crippen LogP contribution >= 0.6 is 0 Å². The van der Waals surface area contributed by atoms with Crippen molar-refractivity contribution in [2.45, 2.75) is 26.8 Å². The molecule has 0 aromatic carbocycles. The van der Waals surface area contributed by atoms with Gasteiger partial charge in [0, 0.05) is 18.8 Å². The Morgan fingerprint density at radius 1 is 1.33 bits per heavy atom. The van der Waals surface area contributed by atoms with Gasteiger partial charge in [0.25, 0.3) is 0 Å². The average Bonchev–Trinajstić information content (AvgIpc) is 2.32. The summed E-state index contributed by atoms with van der Waals surface area (Å²) in [5.41, 5.74) is 2.03. The van der Waals surface area contributed by atoms with Gasteiger partial charge in [-0.1, -0.05) is 6.92 Å². The quantitative estimate of drug-likeness (QED) is 0.715. The second kappa shape index (κ2) is 8.06. The summed E-state index contributed by atoms with van der Waals surface area (Å²) in [5, 5.41) is 3.37. The maximum absolute atomic E-state index is 5.79. The van der Waals surface area contributed by atoms with Crippen LogP contribution in [0.5, 0.6) is 5.75 Å². The van der Waals surface area contributed by atoms with Crippen LogP contribution in [-0.4, -0.2) is 43.7 Å². The Kier molecular flexibility index (Phi) is 6.68. The van der Waals surface area contributed by atoms with Crippen LogP contribution in [0.2, 0.25) is 0 Å². The van der Waals surface area contributed by atoms with Crippen molar-refractivity contribution < 1.29 is 4.74 Å². The first-order valence-corrected chi connectivity index (χ1v) is 6.58. The highest BCUT2D eigenvalue weighted by Crippen LogP contribution is 2.16. The Morgan fingerprint density at radius 3 is 2.78 bits per heavy atom. The smallest absolute Gasteiger partial charge is 0.142 e. The minimum Gasteiger partial charge on any atom is -0.490 e. The van der Waals surface area contributed by atoms with Crippen LogP contribution in [0.25, 0.3) is 0 Å². The number of aromatic nitrogens is 1. The van der Waals surface area contributed by atoms with Crippen molar-refractivity contribution in [3.8, 4) is 5.75 Å². The van der Waals surface area contributed by atoms with Crippen molar-refractivity contribution in [1.29, 1.82) is 0 Å². The largest absolute Gasteiger partial charge is 0.490 e. The van der Waals surface area contributed by atoms with E-state index in [-0.39, 0.29) is 0 Å². The van der Waals surface area contributed by atoms with Crippen LogP contribution < -0.4 is 10.1 Å². The minimum absolute atomic E-state index is 0.693. The van der Waals surface area contributed by atoms with Gasteiger partial charge >= 0.3 is 0 Å². The van der Waals surface area contributed by atoms with Gasteiger partial charge in [-0.3, -0.25) is 4.98 Å². The molecule has 0 radical (unpaired) electrons. The molecule has 4 nitrogen and oxygen atoms in total. The lowest BCUT2D eigenvalue weighted by molar-refractivity contribution is 0.258. The molecule has 0 amide bonds. The highest BCUT2D eigenvalue weighted by molar-refractivity contribution is 5.29. The summed E-state index contributed by atoms with van der Waals surface area (Å²) in [6.45, 7) is 7.55. The highest BCUT2D eigenvalue weighted by atomic mass is 16.5. The van der Waals surface area contributed by atoms with Gasteiger partial charge in [0.1, 0.15) is 12.4 Å². The molecule has 0 atom stereocenters. The van der Waals surface area contributed by atoms with Crippen molar-refractivity contribution >= 4 is 0 Å². The SMILES string of the molecule is CCCNCc1nc(C)ccc1OCCN(C)C. The van der Waals surface area contributed by atoms with E-state index in [0.29, 0.717) is 6.61 Å². The molecule has 0 saturated carbocycles. The third-order valence-electron chi connectivity index (χ3n) is 2.59. The van der Waals surface area contributed by atoms with Crippen LogP contribution in [0.3, 0.4) is 0 Å². The van der Waals surface area contributed by atoms with Gasteiger partial charge in [-0.15, -0.1) is 0 Å². The van der Waals surface area contributed by atoms with Crippen LogP contribution in [-0.2, 0) is 6.54 Å². The molecule has 1 aromatic rings. The Bertz CT molecular complexity index is 353. The summed E-state index contributed by atoms with van der Waals surface area (Å²) >= 11 is 0. The average molecular weight is 251 g/mol. The van der Waals surface area contributed by atoms with E-state index in [4.69, 9.17) is 4.74 Å². The van der Waals surface area contributed by atoms with Crippen molar-refractivity contribution in [1.82, 2.24) is 15.2 Å². The molecular weight excluding hydrogens is 226 g/mol. The van der Waals surface area contributed by atoms with E-state index in [2.05, 4.69) is 22.1 Å². The van der Waals surface area contributed by atoms with Gasteiger partial charge in [-0.05, 0) is 46.1 Å². The number of nitrogens with zero attached hydrogens (tertiary/aromatic N) is 2. The first-order valence-electron chi connectivity index (χ1n) is 6.58. The van der Waals surface area contributed by atoms with Gasteiger partial charge in [-0.25, -0.2) is 0 Å². The molecule has 1 rings (SSSR count). The molecule has 0 aliphatic heterocycles. The van der Waals surface area contributed by atoms with Crippen molar-refractivity contribution in [3.63, 3.8) is 0 Å². The van der Waals surface area contributed by atoms with E-state index in [1.165, 1.54) is 0 Å². The fourth-order valence-electron chi connectivity index (χ4n) is 1.58. The molecule has 18 heavy (non-hydrogen) atoms. The Balaban J connectivity index is 2.58. The molecule has 0 aliphatic rings. The molecule has 0 fully saturated rings. The van der Waals surface area contributed by atoms with Crippen molar-refractivity contribution in [2.24, 2.45) is 0 Å².